The van der Waals surface area contributed by atoms with Crippen LogP contribution in [0.5, 0.6) is 11.5 Å². The number of urea groups is 1. The Morgan fingerprint density at radius 2 is 1.86 bits per heavy atom. The largest absolute Gasteiger partial charge is 0.455 e. The highest BCUT2D eigenvalue weighted by Crippen LogP contribution is 2.29. The number of benzene rings is 3. The summed E-state index contributed by atoms with van der Waals surface area (Å²) in [7, 11) is 1.71. The molecule has 0 aliphatic heterocycles. The number of hydrogen-bond acceptors (Lipinski definition) is 3. The first-order valence-corrected chi connectivity index (χ1v) is 8.90. The molecule has 0 bridgehead atoms. The van der Waals surface area contributed by atoms with E-state index in [1.54, 1.807) is 30.1 Å². The maximum atomic E-state index is 12.6. The van der Waals surface area contributed by atoms with E-state index in [2.05, 4.69) is 11.4 Å². The van der Waals surface area contributed by atoms with E-state index >= 15 is 0 Å². The lowest BCUT2D eigenvalue weighted by Gasteiger charge is -2.19. The number of carbonyl (C=O) groups is 1. The highest BCUT2D eigenvalue weighted by Gasteiger charge is 2.13. The monoisotopic (exact) mass is 371 g/mol. The molecule has 2 amide bonds. The van der Waals surface area contributed by atoms with Crippen LogP contribution < -0.4 is 10.1 Å². The number of nitrogens with zero attached hydrogens (tertiary/aromatic N) is 2. The molecule has 5 heteroatoms. The quantitative estimate of drug-likeness (QED) is 0.660. The lowest BCUT2D eigenvalue weighted by Crippen LogP contribution is -2.30. The average Bonchev–Trinajstić information content (AvgIpc) is 2.69. The third-order valence-electron chi connectivity index (χ3n) is 4.17. The number of hydrogen-bond donors (Lipinski definition) is 1. The van der Waals surface area contributed by atoms with Crippen molar-refractivity contribution in [1.29, 1.82) is 5.26 Å². The van der Waals surface area contributed by atoms with Crippen LogP contribution in [-0.2, 0) is 6.54 Å². The van der Waals surface area contributed by atoms with Gasteiger partial charge in [-0.2, -0.15) is 5.26 Å². The third-order valence-corrected chi connectivity index (χ3v) is 4.17. The number of carbonyl (C=O) groups excluding carboxylic acids is 1. The number of aryl methyl sites for hydroxylation is 1. The van der Waals surface area contributed by atoms with Crippen molar-refractivity contribution >= 4 is 11.7 Å². The van der Waals surface area contributed by atoms with Gasteiger partial charge in [0.2, 0.25) is 0 Å². The SMILES string of the molecule is Cc1cccc(Oc2ccccc2NC(=O)N(C)Cc2cccc(C#N)c2)c1. The molecule has 0 saturated carbocycles. The number of anilines is 1. The van der Waals surface area contributed by atoms with Gasteiger partial charge >= 0.3 is 6.03 Å². The molecular formula is C23H21N3O2. The average molecular weight is 371 g/mol. The van der Waals surface area contributed by atoms with E-state index in [9.17, 15) is 4.79 Å². The summed E-state index contributed by atoms with van der Waals surface area (Å²) in [6.07, 6.45) is 0. The van der Waals surface area contributed by atoms with Gasteiger partial charge in [-0.1, -0.05) is 36.4 Å². The highest BCUT2D eigenvalue weighted by molar-refractivity contribution is 5.90. The van der Waals surface area contributed by atoms with Gasteiger partial charge in [-0.15, -0.1) is 0 Å². The molecule has 0 aliphatic carbocycles. The van der Waals surface area contributed by atoms with E-state index in [1.165, 1.54) is 0 Å². The van der Waals surface area contributed by atoms with E-state index < -0.39 is 0 Å². The van der Waals surface area contributed by atoms with Gasteiger partial charge in [0.1, 0.15) is 5.75 Å². The van der Waals surface area contributed by atoms with Gasteiger partial charge in [-0.25, -0.2) is 4.79 Å². The first kappa shape index (κ1) is 19.0. The van der Waals surface area contributed by atoms with Gasteiger partial charge in [-0.05, 0) is 54.4 Å². The van der Waals surface area contributed by atoms with Crippen molar-refractivity contribution in [3.8, 4) is 17.6 Å². The first-order chi connectivity index (χ1) is 13.5. The van der Waals surface area contributed by atoms with Crippen molar-refractivity contribution < 1.29 is 9.53 Å². The molecule has 5 nitrogen and oxygen atoms in total. The lowest BCUT2D eigenvalue weighted by atomic mass is 10.1. The molecule has 0 aliphatic rings. The van der Waals surface area contributed by atoms with Crippen LogP contribution in [0.25, 0.3) is 0 Å². The fourth-order valence-corrected chi connectivity index (χ4v) is 2.76. The fourth-order valence-electron chi connectivity index (χ4n) is 2.76. The van der Waals surface area contributed by atoms with Gasteiger partial charge in [-0.3, -0.25) is 0 Å². The molecule has 0 radical (unpaired) electrons. The van der Waals surface area contributed by atoms with Crippen LogP contribution >= 0.6 is 0 Å². The molecule has 0 heterocycles. The zero-order valence-electron chi connectivity index (χ0n) is 15.8. The van der Waals surface area contributed by atoms with Crippen LogP contribution in [0.3, 0.4) is 0 Å². The molecule has 0 fully saturated rings. The van der Waals surface area contributed by atoms with E-state index in [-0.39, 0.29) is 6.03 Å². The van der Waals surface area contributed by atoms with Gasteiger partial charge in [0.05, 0.1) is 17.3 Å². The zero-order valence-corrected chi connectivity index (χ0v) is 15.8. The van der Waals surface area contributed by atoms with Crippen LogP contribution in [0.15, 0.2) is 72.8 Å². The van der Waals surface area contributed by atoms with Crippen molar-refractivity contribution in [2.75, 3.05) is 12.4 Å². The number of nitrogens with one attached hydrogen (secondary N) is 1. The van der Waals surface area contributed by atoms with Crippen molar-refractivity contribution in [3.05, 3.63) is 89.5 Å². The number of nitriles is 1. The Labute approximate surface area is 164 Å². The van der Waals surface area contributed by atoms with Crippen molar-refractivity contribution in [3.63, 3.8) is 0 Å². The van der Waals surface area contributed by atoms with Crippen molar-refractivity contribution in [1.82, 2.24) is 4.90 Å². The minimum absolute atomic E-state index is 0.261. The molecule has 3 aromatic rings. The van der Waals surface area contributed by atoms with E-state index in [0.717, 1.165) is 11.1 Å². The van der Waals surface area contributed by atoms with Crippen LogP contribution in [0.2, 0.25) is 0 Å². The summed E-state index contributed by atoms with van der Waals surface area (Å²) in [5.41, 5.74) is 3.15. The number of amides is 2. The fraction of sp³-hybridized carbons (Fsp3) is 0.130. The second kappa shape index (κ2) is 8.74. The van der Waals surface area contributed by atoms with E-state index in [1.807, 2.05) is 61.5 Å². The molecule has 0 saturated heterocycles. The third kappa shape index (κ3) is 4.89. The molecule has 1 N–H and O–H groups in total. The molecule has 3 rings (SSSR count). The smallest absolute Gasteiger partial charge is 0.321 e. The number of ether oxygens (including phenoxy) is 1. The molecule has 0 unspecified atom stereocenters. The first-order valence-electron chi connectivity index (χ1n) is 8.90. The second-order valence-electron chi connectivity index (χ2n) is 6.51. The van der Waals surface area contributed by atoms with E-state index in [0.29, 0.717) is 29.3 Å². The summed E-state index contributed by atoms with van der Waals surface area (Å²) in [6.45, 7) is 2.39. The minimum atomic E-state index is -0.261. The Balaban J connectivity index is 1.70. The summed E-state index contributed by atoms with van der Waals surface area (Å²) in [6, 6.07) is 24.1. The van der Waals surface area contributed by atoms with Gasteiger partial charge < -0.3 is 15.0 Å². The van der Waals surface area contributed by atoms with Crippen LogP contribution in [0.4, 0.5) is 10.5 Å². The molecule has 140 valence electrons. The minimum Gasteiger partial charge on any atom is -0.455 e. The maximum Gasteiger partial charge on any atom is 0.321 e. The highest BCUT2D eigenvalue weighted by atomic mass is 16.5. The second-order valence-corrected chi connectivity index (χ2v) is 6.51. The lowest BCUT2D eigenvalue weighted by molar-refractivity contribution is 0.220. The normalized spacial score (nSPS) is 10.0. The predicted octanol–water partition coefficient (Wildman–Crippen LogP) is 5.32. The molecule has 0 aromatic heterocycles. The van der Waals surface area contributed by atoms with Crippen molar-refractivity contribution in [2.45, 2.75) is 13.5 Å². The predicted molar refractivity (Wildman–Crippen MR) is 109 cm³/mol. The molecular weight excluding hydrogens is 350 g/mol. The Kier molecular flexibility index (Phi) is 5.93. The summed E-state index contributed by atoms with van der Waals surface area (Å²) >= 11 is 0. The van der Waals surface area contributed by atoms with Crippen LogP contribution in [-0.4, -0.2) is 18.0 Å². The van der Waals surface area contributed by atoms with E-state index in [4.69, 9.17) is 10.00 Å². The zero-order chi connectivity index (χ0) is 19.9. The van der Waals surface area contributed by atoms with Crippen LogP contribution in [0, 0.1) is 18.3 Å². The van der Waals surface area contributed by atoms with Gasteiger partial charge in [0.15, 0.2) is 5.75 Å². The van der Waals surface area contributed by atoms with Gasteiger partial charge in [0, 0.05) is 13.6 Å². The van der Waals surface area contributed by atoms with Gasteiger partial charge in [0.25, 0.3) is 0 Å². The summed E-state index contributed by atoms with van der Waals surface area (Å²) < 4.78 is 5.95. The number of rotatable bonds is 5. The topological polar surface area (TPSA) is 65.4 Å². The maximum absolute atomic E-state index is 12.6. The summed E-state index contributed by atoms with van der Waals surface area (Å²) in [5, 5.41) is 11.9. The Bertz CT molecular complexity index is 1020. The summed E-state index contributed by atoms with van der Waals surface area (Å²) in [4.78, 5) is 14.2. The number of para-hydroxylation sites is 2. The molecule has 28 heavy (non-hydrogen) atoms. The molecule has 0 atom stereocenters. The Hall–Kier alpha value is -3.78. The Morgan fingerprint density at radius 3 is 2.64 bits per heavy atom. The summed E-state index contributed by atoms with van der Waals surface area (Å²) in [5.74, 6) is 1.28. The van der Waals surface area contributed by atoms with Crippen LogP contribution in [0.1, 0.15) is 16.7 Å². The standard InChI is InChI=1S/C23H21N3O2/c1-17-7-5-10-20(13-17)28-22-12-4-3-11-21(22)25-23(27)26(2)16-19-9-6-8-18(14-19)15-24/h3-14H,16H2,1-2H3,(H,25,27). The van der Waals surface area contributed by atoms with Crippen molar-refractivity contribution in [2.24, 2.45) is 0 Å². The molecule has 3 aromatic carbocycles. The Morgan fingerprint density at radius 1 is 1.07 bits per heavy atom. The molecule has 0 spiro atoms.